The predicted octanol–water partition coefficient (Wildman–Crippen LogP) is 5.95. The number of ether oxygens (including phenoxy) is 1. The first-order chi connectivity index (χ1) is 21.1. The van der Waals surface area contributed by atoms with Crippen molar-refractivity contribution in [3.8, 4) is 11.3 Å². The first-order valence-corrected chi connectivity index (χ1v) is 15.7. The lowest BCUT2D eigenvalue weighted by molar-refractivity contribution is -0.143. The van der Waals surface area contributed by atoms with Crippen molar-refractivity contribution in [1.29, 1.82) is 0 Å². The fourth-order valence-corrected chi connectivity index (χ4v) is 6.64. The van der Waals surface area contributed by atoms with Crippen LogP contribution in [0.25, 0.3) is 11.3 Å². The Morgan fingerprint density at radius 2 is 1.91 bits per heavy atom. The summed E-state index contributed by atoms with van der Waals surface area (Å²) in [5, 5.41) is 3.66. The molecule has 1 atom stereocenters. The van der Waals surface area contributed by atoms with Gasteiger partial charge in [0, 0.05) is 61.7 Å². The maximum Gasteiger partial charge on any atom is 0.416 e. The Hall–Kier alpha value is -3.36. The standard InChI is InChI=1S/C30H37F4N7O2S/c1-3-43-27(42)7-5-8-39-10-12-40(13-11-39)26-17-25(35-19-36-26)37-29-38-28(24(44-29)18-41-9-4-6-20(41)2)21-14-22(30(32,33)34)16-23(31)15-21/h14-17,19-20H,3-13,18H2,1-2H3,(H,35,36,37,38)/t20-/m1/s1. The summed E-state index contributed by atoms with van der Waals surface area (Å²) in [6.07, 6.45) is 0.0417. The van der Waals surface area contributed by atoms with Gasteiger partial charge in [-0.05, 0) is 64.4 Å². The van der Waals surface area contributed by atoms with E-state index in [1.165, 1.54) is 17.7 Å². The highest BCUT2D eigenvalue weighted by molar-refractivity contribution is 7.16. The zero-order valence-corrected chi connectivity index (χ0v) is 25.7. The van der Waals surface area contributed by atoms with Crippen LogP contribution in [0.15, 0.2) is 30.6 Å². The van der Waals surface area contributed by atoms with Gasteiger partial charge < -0.3 is 15.0 Å². The van der Waals surface area contributed by atoms with Gasteiger partial charge in [0.1, 0.15) is 23.8 Å². The molecule has 0 spiro atoms. The van der Waals surface area contributed by atoms with E-state index in [0.29, 0.717) is 48.3 Å². The number of aromatic nitrogens is 3. The van der Waals surface area contributed by atoms with Gasteiger partial charge in [-0.2, -0.15) is 13.2 Å². The molecule has 3 aromatic rings. The number of carbonyl (C=O) groups excluding carboxylic acids is 1. The molecule has 44 heavy (non-hydrogen) atoms. The van der Waals surface area contributed by atoms with Crippen LogP contribution >= 0.6 is 11.3 Å². The van der Waals surface area contributed by atoms with Crippen molar-refractivity contribution in [3.05, 3.63) is 46.9 Å². The highest BCUT2D eigenvalue weighted by atomic mass is 32.1. The second-order valence-corrected chi connectivity index (χ2v) is 12.2. The number of hydrogen-bond acceptors (Lipinski definition) is 10. The quantitative estimate of drug-likeness (QED) is 0.203. The van der Waals surface area contributed by atoms with Gasteiger partial charge in [0.05, 0.1) is 17.9 Å². The molecule has 1 N–H and O–H groups in total. The van der Waals surface area contributed by atoms with E-state index in [1.54, 1.807) is 6.92 Å². The summed E-state index contributed by atoms with van der Waals surface area (Å²) in [7, 11) is 0. The number of likely N-dealkylation sites (tertiary alicyclic amines) is 1. The first-order valence-electron chi connectivity index (χ1n) is 14.9. The lowest BCUT2D eigenvalue weighted by Gasteiger charge is -2.35. The molecule has 2 saturated heterocycles. The molecule has 0 aliphatic carbocycles. The number of hydrogen-bond donors (Lipinski definition) is 1. The second-order valence-electron chi connectivity index (χ2n) is 11.1. The van der Waals surface area contributed by atoms with E-state index >= 15 is 0 Å². The first kappa shape index (κ1) is 32.0. The monoisotopic (exact) mass is 635 g/mol. The lowest BCUT2D eigenvalue weighted by atomic mass is 10.1. The molecular weight excluding hydrogens is 598 g/mol. The number of esters is 1. The molecule has 14 heteroatoms. The number of halogens is 4. The topological polar surface area (TPSA) is 86.7 Å². The molecule has 0 saturated carbocycles. The van der Waals surface area contributed by atoms with Crippen LogP contribution in [0.5, 0.6) is 0 Å². The summed E-state index contributed by atoms with van der Waals surface area (Å²) in [5.41, 5.74) is -0.628. The lowest BCUT2D eigenvalue weighted by Crippen LogP contribution is -2.47. The van der Waals surface area contributed by atoms with Gasteiger partial charge in [-0.25, -0.2) is 19.3 Å². The number of benzene rings is 1. The van der Waals surface area contributed by atoms with Crippen LogP contribution in [-0.4, -0.2) is 82.6 Å². The van der Waals surface area contributed by atoms with Crippen molar-refractivity contribution in [2.24, 2.45) is 0 Å². The average Bonchev–Trinajstić information content (AvgIpc) is 3.58. The number of nitrogens with zero attached hydrogens (tertiary/aromatic N) is 6. The van der Waals surface area contributed by atoms with Gasteiger partial charge >= 0.3 is 12.1 Å². The number of carbonyl (C=O) groups is 1. The molecule has 2 aromatic heterocycles. The highest BCUT2D eigenvalue weighted by Crippen LogP contribution is 2.38. The van der Waals surface area contributed by atoms with E-state index in [-0.39, 0.29) is 11.5 Å². The summed E-state index contributed by atoms with van der Waals surface area (Å²) in [4.78, 5) is 32.5. The molecule has 0 amide bonds. The van der Waals surface area contributed by atoms with Crippen molar-refractivity contribution in [3.63, 3.8) is 0 Å². The number of anilines is 3. The Morgan fingerprint density at radius 3 is 2.61 bits per heavy atom. The molecule has 2 fully saturated rings. The smallest absolute Gasteiger partial charge is 0.416 e. The Labute approximate surface area is 258 Å². The molecule has 2 aliphatic heterocycles. The largest absolute Gasteiger partial charge is 0.466 e. The minimum Gasteiger partial charge on any atom is -0.466 e. The zero-order chi connectivity index (χ0) is 31.3. The predicted molar refractivity (Wildman–Crippen MR) is 161 cm³/mol. The second kappa shape index (κ2) is 14.2. The number of rotatable bonds is 11. The summed E-state index contributed by atoms with van der Waals surface area (Å²) in [6, 6.07) is 4.72. The van der Waals surface area contributed by atoms with Crippen LogP contribution in [-0.2, 0) is 22.3 Å². The Kier molecular flexibility index (Phi) is 10.3. The fraction of sp³-hybridized carbons (Fsp3) is 0.533. The minimum absolute atomic E-state index is 0.0898. The molecule has 0 bridgehead atoms. The molecule has 1 aromatic carbocycles. The Morgan fingerprint density at radius 1 is 1.11 bits per heavy atom. The molecule has 238 valence electrons. The van der Waals surface area contributed by atoms with Gasteiger partial charge in [-0.15, -0.1) is 0 Å². The maximum absolute atomic E-state index is 14.4. The SMILES string of the molecule is CCOC(=O)CCCN1CCN(c2cc(Nc3nc(-c4cc(F)cc(C(F)(F)F)c4)c(CN4CCC[C@H]4C)s3)ncn2)CC1. The zero-order valence-electron chi connectivity index (χ0n) is 24.9. The molecule has 0 radical (unpaired) electrons. The molecular formula is C30H37F4N7O2S. The molecule has 0 unspecified atom stereocenters. The van der Waals surface area contributed by atoms with Gasteiger partial charge in [-0.3, -0.25) is 14.6 Å². The number of thiazole rings is 1. The molecule has 5 rings (SSSR count). The van der Waals surface area contributed by atoms with Crippen LogP contribution in [0.4, 0.5) is 34.3 Å². The number of piperazine rings is 1. The molecule has 9 nitrogen and oxygen atoms in total. The number of nitrogens with one attached hydrogen (secondary N) is 1. The Balaban J connectivity index is 1.30. The van der Waals surface area contributed by atoms with Crippen LogP contribution in [0.3, 0.4) is 0 Å². The van der Waals surface area contributed by atoms with Gasteiger partial charge in [0.15, 0.2) is 5.13 Å². The van der Waals surface area contributed by atoms with Crippen molar-refractivity contribution < 1.29 is 27.1 Å². The third-order valence-electron chi connectivity index (χ3n) is 7.98. The van der Waals surface area contributed by atoms with E-state index in [9.17, 15) is 22.4 Å². The minimum atomic E-state index is -4.68. The van der Waals surface area contributed by atoms with Crippen LogP contribution in [0.2, 0.25) is 0 Å². The summed E-state index contributed by atoms with van der Waals surface area (Å²) in [6.45, 7) is 9.72. The van der Waals surface area contributed by atoms with Crippen molar-refractivity contribution in [2.75, 3.05) is 56.1 Å². The van der Waals surface area contributed by atoms with Crippen molar-refractivity contribution in [1.82, 2.24) is 24.8 Å². The fourth-order valence-electron chi connectivity index (χ4n) is 5.62. The highest BCUT2D eigenvalue weighted by Gasteiger charge is 2.32. The average molecular weight is 636 g/mol. The van der Waals surface area contributed by atoms with Gasteiger partial charge in [0.2, 0.25) is 0 Å². The maximum atomic E-state index is 14.4. The van der Waals surface area contributed by atoms with Crippen molar-refractivity contribution in [2.45, 2.75) is 58.3 Å². The molecule has 4 heterocycles. The summed E-state index contributed by atoms with van der Waals surface area (Å²) < 4.78 is 59.9. The third kappa shape index (κ3) is 8.21. The van der Waals surface area contributed by atoms with E-state index in [1.807, 2.05) is 6.07 Å². The normalized spacial score (nSPS) is 18.1. The van der Waals surface area contributed by atoms with E-state index < -0.39 is 17.6 Å². The summed E-state index contributed by atoms with van der Waals surface area (Å²) >= 11 is 1.33. The van der Waals surface area contributed by atoms with E-state index in [2.05, 4.69) is 41.9 Å². The molecule has 2 aliphatic rings. The van der Waals surface area contributed by atoms with Crippen LogP contribution in [0.1, 0.15) is 50.0 Å². The number of alkyl halides is 3. The third-order valence-corrected chi connectivity index (χ3v) is 8.93. The Bertz CT molecular complexity index is 1430. The van der Waals surface area contributed by atoms with Crippen LogP contribution in [0, 0.1) is 5.82 Å². The van der Waals surface area contributed by atoms with Crippen LogP contribution < -0.4 is 10.2 Å². The van der Waals surface area contributed by atoms with Gasteiger partial charge in [0.25, 0.3) is 0 Å². The van der Waals surface area contributed by atoms with Crippen molar-refractivity contribution >= 4 is 34.1 Å². The van der Waals surface area contributed by atoms with E-state index in [0.717, 1.165) is 81.4 Å². The van der Waals surface area contributed by atoms with E-state index in [4.69, 9.17) is 4.74 Å². The summed E-state index contributed by atoms with van der Waals surface area (Å²) in [5.74, 6) is 0.122. The van der Waals surface area contributed by atoms with Gasteiger partial charge in [-0.1, -0.05) is 11.3 Å².